The van der Waals surface area contributed by atoms with Crippen molar-refractivity contribution in [1.82, 2.24) is 9.88 Å². The predicted octanol–water partition coefficient (Wildman–Crippen LogP) is 1.04. The lowest BCUT2D eigenvalue weighted by Gasteiger charge is -2.26. The van der Waals surface area contributed by atoms with E-state index in [0.29, 0.717) is 0 Å². The smallest absolute Gasteiger partial charge is 0.156 e. The molecule has 0 fully saturated rings. The highest BCUT2D eigenvalue weighted by Crippen LogP contribution is 2.07. The number of nitrogens with zero attached hydrogens (tertiary/aromatic N) is 3. The van der Waals surface area contributed by atoms with E-state index in [-0.39, 0.29) is 11.9 Å². The zero-order chi connectivity index (χ0) is 12.0. The third-order valence-corrected chi connectivity index (χ3v) is 2.63. The van der Waals surface area contributed by atoms with Crippen LogP contribution in [0.15, 0.2) is 29.7 Å². The number of hydrogen-bond acceptors (Lipinski definition) is 4. The van der Waals surface area contributed by atoms with Crippen LogP contribution in [-0.4, -0.2) is 33.5 Å². The lowest BCUT2D eigenvalue weighted by atomic mass is 10.2. The Balaban J connectivity index is 2.69. The Bertz CT molecular complexity index is 339. The van der Waals surface area contributed by atoms with E-state index in [1.807, 2.05) is 26.0 Å². The fraction of sp³-hybridized carbons (Fsp3) is 0.455. The number of aromatic nitrogens is 1. The molecule has 1 heterocycles. The summed E-state index contributed by atoms with van der Waals surface area (Å²) < 4.78 is 0. The summed E-state index contributed by atoms with van der Waals surface area (Å²) in [6, 6.07) is 3.84. The van der Waals surface area contributed by atoms with Gasteiger partial charge in [0.25, 0.3) is 0 Å². The van der Waals surface area contributed by atoms with Crippen molar-refractivity contribution in [2.24, 2.45) is 10.9 Å². The van der Waals surface area contributed by atoms with Crippen LogP contribution in [0.5, 0.6) is 0 Å². The minimum atomic E-state index is -0.0804. The monoisotopic (exact) mass is 222 g/mol. The van der Waals surface area contributed by atoms with Crippen LogP contribution < -0.4 is 5.73 Å². The highest BCUT2D eigenvalue weighted by molar-refractivity contribution is 5.84. The maximum Gasteiger partial charge on any atom is 0.156 e. The summed E-state index contributed by atoms with van der Waals surface area (Å²) in [6.07, 6.45) is 3.52. The van der Waals surface area contributed by atoms with E-state index >= 15 is 0 Å². The first-order chi connectivity index (χ1) is 7.69. The SMILES string of the molecule is CCN(Cc1ccncc1)C(C)C(N)=NO. The Morgan fingerprint density at radius 1 is 1.56 bits per heavy atom. The largest absolute Gasteiger partial charge is 0.409 e. The minimum Gasteiger partial charge on any atom is -0.409 e. The summed E-state index contributed by atoms with van der Waals surface area (Å²) >= 11 is 0. The van der Waals surface area contributed by atoms with Gasteiger partial charge < -0.3 is 10.9 Å². The van der Waals surface area contributed by atoms with Crippen molar-refractivity contribution in [2.45, 2.75) is 26.4 Å². The van der Waals surface area contributed by atoms with Crippen LogP contribution in [0.2, 0.25) is 0 Å². The Morgan fingerprint density at radius 2 is 2.19 bits per heavy atom. The molecule has 0 aliphatic rings. The van der Waals surface area contributed by atoms with Crippen LogP contribution in [0.4, 0.5) is 0 Å². The number of amidine groups is 1. The summed E-state index contributed by atoms with van der Waals surface area (Å²) in [6.45, 7) is 5.55. The van der Waals surface area contributed by atoms with Gasteiger partial charge in [-0.3, -0.25) is 9.88 Å². The fourth-order valence-electron chi connectivity index (χ4n) is 1.52. The van der Waals surface area contributed by atoms with Gasteiger partial charge in [-0.25, -0.2) is 0 Å². The molecule has 0 radical (unpaired) electrons. The quantitative estimate of drug-likeness (QED) is 0.338. The number of rotatable bonds is 5. The second kappa shape index (κ2) is 6.07. The molecule has 88 valence electrons. The van der Waals surface area contributed by atoms with Crippen LogP contribution in [-0.2, 0) is 6.54 Å². The maximum atomic E-state index is 8.64. The molecule has 3 N–H and O–H groups in total. The topological polar surface area (TPSA) is 74.7 Å². The van der Waals surface area contributed by atoms with Crippen molar-refractivity contribution in [3.05, 3.63) is 30.1 Å². The van der Waals surface area contributed by atoms with Crippen molar-refractivity contribution in [2.75, 3.05) is 6.54 Å². The molecule has 1 aromatic heterocycles. The molecule has 0 amide bonds. The molecule has 0 aliphatic heterocycles. The third kappa shape index (κ3) is 3.20. The first-order valence-corrected chi connectivity index (χ1v) is 5.29. The molecule has 0 aromatic carbocycles. The van der Waals surface area contributed by atoms with Gasteiger partial charge in [0.1, 0.15) is 0 Å². The van der Waals surface area contributed by atoms with Crippen LogP contribution in [0.1, 0.15) is 19.4 Å². The molecular weight excluding hydrogens is 204 g/mol. The van der Waals surface area contributed by atoms with E-state index in [1.54, 1.807) is 12.4 Å². The minimum absolute atomic E-state index is 0.0804. The summed E-state index contributed by atoms with van der Waals surface area (Å²) in [4.78, 5) is 6.08. The van der Waals surface area contributed by atoms with E-state index in [1.165, 1.54) is 0 Å². The lowest BCUT2D eigenvalue weighted by molar-refractivity contribution is 0.246. The van der Waals surface area contributed by atoms with E-state index < -0.39 is 0 Å². The molecule has 1 unspecified atom stereocenters. The molecule has 1 rings (SSSR count). The Kier molecular flexibility index (Phi) is 4.72. The first-order valence-electron chi connectivity index (χ1n) is 5.29. The lowest BCUT2D eigenvalue weighted by Crippen LogP contribution is -2.42. The number of pyridine rings is 1. The normalized spacial score (nSPS) is 14.1. The van der Waals surface area contributed by atoms with E-state index in [9.17, 15) is 0 Å². The Hall–Kier alpha value is -1.62. The summed E-state index contributed by atoms with van der Waals surface area (Å²) in [5.74, 6) is 0.232. The zero-order valence-corrected chi connectivity index (χ0v) is 9.67. The van der Waals surface area contributed by atoms with E-state index in [4.69, 9.17) is 10.9 Å². The third-order valence-electron chi connectivity index (χ3n) is 2.63. The molecule has 5 nitrogen and oxygen atoms in total. The fourth-order valence-corrected chi connectivity index (χ4v) is 1.52. The van der Waals surface area contributed by atoms with Crippen molar-refractivity contribution >= 4 is 5.84 Å². The molecule has 0 spiro atoms. The van der Waals surface area contributed by atoms with Gasteiger partial charge in [0, 0.05) is 18.9 Å². The van der Waals surface area contributed by atoms with Gasteiger partial charge in [-0.2, -0.15) is 0 Å². The van der Waals surface area contributed by atoms with Gasteiger partial charge in [-0.15, -0.1) is 0 Å². The second-order valence-electron chi connectivity index (χ2n) is 3.62. The summed E-state index contributed by atoms with van der Waals surface area (Å²) in [5, 5.41) is 11.7. The van der Waals surface area contributed by atoms with Gasteiger partial charge >= 0.3 is 0 Å². The Labute approximate surface area is 95.6 Å². The summed E-state index contributed by atoms with van der Waals surface area (Å²) in [7, 11) is 0. The zero-order valence-electron chi connectivity index (χ0n) is 9.67. The van der Waals surface area contributed by atoms with Crippen LogP contribution in [0.25, 0.3) is 0 Å². The van der Waals surface area contributed by atoms with Gasteiger partial charge in [0.2, 0.25) is 0 Å². The molecule has 0 saturated carbocycles. The second-order valence-corrected chi connectivity index (χ2v) is 3.62. The van der Waals surface area contributed by atoms with E-state index in [0.717, 1.165) is 18.7 Å². The van der Waals surface area contributed by atoms with Gasteiger partial charge in [-0.1, -0.05) is 12.1 Å². The number of nitrogens with two attached hydrogens (primary N) is 1. The molecule has 16 heavy (non-hydrogen) atoms. The number of oxime groups is 1. The molecule has 0 bridgehead atoms. The molecular formula is C11H18N4O. The average molecular weight is 222 g/mol. The first kappa shape index (κ1) is 12.4. The highest BCUT2D eigenvalue weighted by atomic mass is 16.4. The van der Waals surface area contributed by atoms with Gasteiger partial charge in [0.05, 0.1) is 6.04 Å². The van der Waals surface area contributed by atoms with Crippen molar-refractivity contribution in [1.29, 1.82) is 0 Å². The summed E-state index contributed by atoms with van der Waals surface area (Å²) in [5.41, 5.74) is 6.75. The molecule has 1 aromatic rings. The molecule has 5 heteroatoms. The molecule has 1 atom stereocenters. The molecule has 0 aliphatic carbocycles. The van der Waals surface area contributed by atoms with Gasteiger partial charge in [0.15, 0.2) is 5.84 Å². The van der Waals surface area contributed by atoms with E-state index in [2.05, 4.69) is 15.0 Å². The average Bonchev–Trinajstić information content (AvgIpc) is 2.35. The van der Waals surface area contributed by atoms with Crippen LogP contribution in [0.3, 0.4) is 0 Å². The van der Waals surface area contributed by atoms with Crippen LogP contribution >= 0.6 is 0 Å². The highest BCUT2D eigenvalue weighted by Gasteiger charge is 2.16. The number of hydrogen-bond donors (Lipinski definition) is 2. The van der Waals surface area contributed by atoms with Crippen molar-refractivity contribution in [3.8, 4) is 0 Å². The standard InChI is InChI=1S/C11H18N4O/c1-3-15(9(2)11(12)14-16)8-10-4-6-13-7-5-10/h4-7,9,16H,3,8H2,1-2H3,(H2,12,14). The van der Waals surface area contributed by atoms with Crippen molar-refractivity contribution < 1.29 is 5.21 Å². The maximum absolute atomic E-state index is 8.64. The predicted molar refractivity (Wildman–Crippen MR) is 63.2 cm³/mol. The van der Waals surface area contributed by atoms with Crippen LogP contribution in [0, 0.1) is 0 Å². The number of likely N-dealkylation sites (N-methyl/N-ethyl adjacent to an activating group) is 1. The van der Waals surface area contributed by atoms with Crippen molar-refractivity contribution in [3.63, 3.8) is 0 Å². The molecule has 0 saturated heterocycles. The Morgan fingerprint density at radius 3 is 2.69 bits per heavy atom. The van der Waals surface area contributed by atoms with Gasteiger partial charge in [-0.05, 0) is 31.2 Å².